The van der Waals surface area contributed by atoms with E-state index < -0.39 is 11.5 Å². The third-order valence-corrected chi connectivity index (χ3v) is 4.76. The summed E-state index contributed by atoms with van der Waals surface area (Å²) in [6, 6.07) is 7.93. The molecule has 4 nitrogen and oxygen atoms in total. The van der Waals surface area contributed by atoms with E-state index in [0.717, 1.165) is 16.0 Å². The van der Waals surface area contributed by atoms with Crippen LogP contribution in [0.25, 0.3) is 11.1 Å². The summed E-state index contributed by atoms with van der Waals surface area (Å²) in [5.41, 5.74) is 1.14. The summed E-state index contributed by atoms with van der Waals surface area (Å²) >= 11 is 1.36. The number of carbonyl (C=O) groups is 2. The van der Waals surface area contributed by atoms with Gasteiger partial charge in [-0.3, -0.25) is 9.59 Å². The number of amides is 1. The van der Waals surface area contributed by atoms with Crippen molar-refractivity contribution in [2.75, 3.05) is 0 Å². The van der Waals surface area contributed by atoms with Crippen molar-refractivity contribution >= 4 is 23.2 Å². The van der Waals surface area contributed by atoms with Crippen LogP contribution >= 0.6 is 11.3 Å². The summed E-state index contributed by atoms with van der Waals surface area (Å²) in [5, 5.41) is 11.7. The monoisotopic (exact) mass is 349 g/mol. The maximum Gasteiger partial charge on any atom is 0.303 e. The molecule has 0 aliphatic carbocycles. The van der Waals surface area contributed by atoms with E-state index in [1.165, 1.54) is 23.5 Å². The van der Waals surface area contributed by atoms with E-state index in [4.69, 9.17) is 5.11 Å². The first-order valence-corrected chi connectivity index (χ1v) is 8.40. The predicted octanol–water partition coefficient (Wildman–Crippen LogP) is 4.24. The van der Waals surface area contributed by atoms with Crippen molar-refractivity contribution < 1.29 is 19.1 Å². The Morgan fingerprint density at radius 2 is 1.88 bits per heavy atom. The highest BCUT2D eigenvalue weighted by Gasteiger charge is 2.23. The zero-order valence-corrected chi connectivity index (χ0v) is 14.7. The zero-order chi connectivity index (χ0) is 17.9. The molecule has 0 atom stereocenters. The average molecular weight is 349 g/mol. The van der Waals surface area contributed by atoms with Gasteiger partial charge in [-0.25, -0.2) is 4.39 Å². The number of thiophene rings is 1. The molecular weight excluding hydrogens is 329 g/mol. The normalized spacial score (nSPS) is 11.3. The second kappa shape index (κ2) is 7.13. The van der Waals surface area contributed by atoms with Crippen molar-refractivity contribution in [2.24, 2.45) is 0 Å². The quantitative estimate of drug-likeness (QED) is 0.820. The van der Waals surface area contributed by atoms with Crippen LogP contribution in [-0.4, -0.2) is 22.5 Å². The molecule has 0 aliphatic rings. The number of benzene rings is 1. The van der Waals surface area contributed by atoms with Gasteiger partial charge in [0.25, 0.3) is 5.91 Å². The molecule has 2 rings (SSSR count). The Morgan fingerprint density at radius 1 is 1.25 bits per heavy atom. The van der Waals surface area contributed by atoms with Crippen LogP contribution in [0, 0.1) is 12.7 Å². The van der Waals surface area contributed by atoms with E-state index in [2.05, 4.69) is 5.32 Å². The Hall–Kier alpha value is -2.21. The number of carboxylic acids is 1. The molecule has 0 bridgehead atoms. The summed E-state index contributed by atoms with van der Waals surface area (Å²) < 4.78 is 13.0. The molecule has 2 aromatic rings. The van der Waals surface area contributed by atoms with Crippen LogP contribution < -0.4 is 5.32 Å². The molecule has 1 amide bonds. The molecule has 0 aliphatic heterocycles. The zero-order valence-electron chi connectivity index (χ0n) is 13.9. The van der Waals surface area contributed by atoms with E-state index >= 15 is 0 Å². The van der Waals surface area contributed by atoms with Crippen LogP contribution in [0.3, 0.4) is 0 Å². The molecule has 0 radical (unpaired) electrons. The third-order valence-electron chi connectivity index (χ3n) is 3.71. The lowest BCUT2D eigenvalue weighted by atomic mass is 9.98. The molecule has 0 unspecified atom stereocenters. The summed E-state index contributed by atoms with van der Waals surface area (Å²) in [4.78, 5) is 24.7. The van der Waals surface area contributed by atoms with Crippen molar-refractivity contribution in [3.8, 4) is 11.1 Å². The summed E-state index contributed by atoms with van der Waals surface area (Å²) in [7, 11) is 0. The van der Waals surface area contributed by atoms with E-state index in [1.54, 1.807) is 32.0 Å². The van der Waals surface area contributed by atoms with Crippen LogP contribution in [0.15, 0.2) is 30.3 Å². The molecular formula is C18H20FNO3S. The van der Waals surface area contributed by atoms with Crippen molar-refractivity contribution in [1.82, 2.24) is 5.32 Å². The Balaban J connectivity index is 2.15. The molecule has 0 spiro atoms. The Labute approximate surface area is 144 Å². The van der Waals surface area contributed by atoms with Gasteiger partial charge in [0.15, 0.2) is 0 Å². The fourth-order valence-electron chi connectivity index (χ4n) is 2.36. The molecule has 0 fully saturated rings. The average Bonchev–Trinajstić information content (AvgIpc) is 2.88. The summed E-state index contributed by atoms with van der Waals surface area (Å²) in [6.45, 7) is 5.51. The molecule has 1 heterocycles. The lowest BCUT2D eigenvalue weighted by Gasteiger charge is -2.25. The Morgan fingerprint density at radius 3 is 2.46 bits per heavy atom. The Bertz CT molecular complexity index is 750. The standard InChI is InChI=1S/C18H20FNO3S/c1-11-14(12-4-6-13(19)7-5-12)10-15(24-11)17(23)20-18(2,3)9-8-16(21)22/h4-7,10H,8-9H2,1-3H3,(H,20,23)(H,21,22). The van der Waals surface area contributed by atoms with Crippen LogP contribution in [-0.2, 0) is 4.79 Å². The van der Waals surface area contributed by atoms with E-state index in [-0.39, 0.29) is 18.1 Å². The van der Waals surface area contributed by atoms with Gasteiger partial charge in [0, 0.05) is 16.8 Å². The number of carbonyl (C=O) groups excluding carboxylic acids is 1. The van der Waals surface area contributed by atoms with Crippen molar-refractivity contribution in [3.63, 3.8) is 0 Å². The Kier molecular flexibility index (Phi) is 5.39. The van der Waals surface area contributed by atoms with Crippen LogP contribution in [0.2, 0.25) is 0 Å². The maximum atomic E-state index is 13.0. The first-order chi connectivity index (χ1) is 11.2. The highest BCUT2D eigenvalue weighted by Crippen LogP contribution is 2.31. The second-order valence-electron chi connectivity index (χ2n) is 6.32. The fraction of sp³-hybridized carbons (Fsp3) is 0.333. The van der Waals surface area contributed by atoms with Crippen LogP contribution in [0.4, 0.5) is 4.39 Å². The highest BCUT2D eigenvalue weighted by atomic mass is 32.1. The number of rotatable bonds is 6. The third kappa shape index (κ3) is 4.64. The highest BCUT2D eigenvalue weighted by molar-refractivity contribution is 7.14. The number of hydrogen-bond donors (Lipinski definition) is 2. The number of aliphatic carboxylic acids is 1. The molecule has 6 heteroatoms. The largest absolute Gasteiger partial charge is 0.481 e. The van der Waals surface area contributed by atoms with Gasteiger partial charge in [0.05, 0.1) is 4.88 Å². The first kappa shape index (κ1) is 18.1. The van der Waals surface area contributed by atoms with Gasteiger partial charge in [-0.15, -0.1) is 11.3 Å². The van der Waals surface area contributed by atoms with E-state index in [9.17, 15) is 14.0 Å². The van der Waals surface area contributed by atoms with Crippen LogP contribution in [0.1, 0.15) is 41.2 Å². The van der Waals surface area contributed by atoms with Gasteiger partial charge in [0.2, 0.25) is 0 Å². The van der Waals surface area contributed by atoms with Gasteiger partial charge >= 0.3 is 5.97 Å². The van der Waals surface area contributed by atoms with E-state index in [0.29, 0.717) is 11.3 Å². The van der Waals surface area contributed by atoms with Gasteiger partial charge in [-0.05, 0) is 56.5 Å². The van der Waals surface area contributed by atoms with Gasteiger partial charge in [-0.1, -0.05) is 12.1 Å². The summed E-state index contributed by atoms with van der Waals surface area (Å²) in [5.74, 6) is -1.42. The minimum atomic E-state index is -0.886. The number of carboxylic acid groups (broad SMARTS) is 1. The maximum absolute atomic E-state index is 13.0. The molecule has 2 N–H and O–H groups in total. The molecule has 24 heavy (non-hydrogen) atoms. The lowest BCUT2D eigenvalue weighted by molar-refractivity contribution is -0.137. The first-order valence-electron chi connectivity index (χ1n) is 7.58. The van der Waals surface area contributed by atoms with Crippen molar-refractivity contribution in [1.29, 1.82) is 0 Å². The van der Waals surface area contributed by atoms with Gasteiger partial charge < -0.3 is 10.4 Å². The molecule has 0 saturated heterocycles. The smallest absolute Gasteiger partial charge is 0.303 e. The number of halogens is 1. The van der Waals surface area contributed by atoms with Gasteiger partial charge in [-0.2, -0.15) is 0 Å². The summed E-state index contributed by atoms with van der Waals surface area (Å²) in [6.07, 6.45) is 0.348. The number of nitrogens with one attached hydrogen (secondary N) is 1. The minimum absolute atomic E-state index is 0.00240. The van der Waals surface area contributed by atoms with Crippen molar-refractivity contribution in [3.05, 3.63) is 45.9 Å². The number of hydrogen-bond acceptors (Lipinski definition) is 3. The molecule has 1 aromatic heterocycles. The minimum Gasteiger partial charge on any atom is -0.481 e. The number of aryl methyl sites for hydroxylation is 1. The second-order valence-corrected chi connectivity index (χ2v) is 7.58. The predicted molar refractivity (Wildman–Crippen MR) is 92.9 cm³/mol. The molecule has 1 aromatic carbocycles. The van der Waals surface area contributed by atoms with Crippen molar-refractivity contribution in [2.45, 2.75) is 39.2 Å². The lowest BCUT2D eigenvalue weighted by Crippen LogP contribution is -2.43. The molecule has 0 saturated carbocycles. The molecule has 128 valence electrons. The van der Waals surface area contributed by atoms with E-state index in [1.807, 2.05) is 6.92 Å². The van der Waals surface area contributed by atoms with Gasteiger partial charge in [0.1, 0.15) is 5.82 Å². The topological polar surface area (TPSA) is 66.4 Å². The van der Waals surface area contributed by atoms with Crippen LogP contribution in [0.5, 0.6) is 0 Å². The fourth-order valence-corrected chi connectivity index (χ4v) is 3.30. The SMILES string of the molecule is Cc1sc(C(=O)NC(C)(C)CCC(=O)O)cc1-c1ccc(F)cc1.